The molecule has 0 unspecified atom stereocenters. The second-order valence-electron chi connectivity index (χ2n) is 7.64. The highest BCUT2D eigenvalue weighted by Crippen LogP contribution is 2.63. The first kappa shape index (κ1) is 16.1. The maximum atomic E-state index is 6.00. The monoisotopic (exact) mass is 349 g/mol. The van der Waals surface area contributed by atoms with Crippen molar-refractivity contribution in [2.45, 2.75) is 25.2 Å². The number of rotatable bonds is 1. The van der Waals surface area contributed by atoms with Gasteiger partial charge in [0.2, 0.25) is 0 Å². The number of nitrogens with two attached hydrogens (primary N) is 1. The number of hydrogen-bond acceptors (Lipinski definition) is 1. The normalized spacial score (nSPS) is 21.0. The van der Waals surface area contributed by atoms with Crippen molar-refractivity contribution >= 4 is 0 Å². The van der Waals surface area contributed by atoms with Crippen LogP contribution < -0.4 is 5.73 Å². The summed E-state index contributed by atoms with van der Waals surface area (Å²) in [6.07, 6.45) is 11.0. The lowest BCUT2D eigenvalue weighted by Gasteiger charge is -2.32. The predicted octanol–water partition coefficient (Wildman–Crippen LogP) is 5.96. The lowest BCUT2D eigenvalue weighted by molar-refractivity contribution is 0.774. The van der Waals surface area contributed by atoms with Crippen LogP contribution in [0.3, 0.4) is 0 Å². The summed E-state index contributed by atoms with van der Waals surface area (Å²) in [6.45, 7) is 6.47. The van der Waals surface area contributed by atoms with Crippen molar-refractivity contribution < 1.29 is 0 Å². The highest BCUT2D eigenvalue weighted by molar-refractivity contribution is 5.91. The molecule has 0 saturated carbocycles. The molecule has 1 spiro atoms. The van der Waals surface area contributed by atoms with Gasteiger partial charge in [-0.25, -0.2) is 0 Å². The first-order valence-electron chi connectivity index (χ1n) is 9.59. The number of benzene rings is 2. The van der Waals surface area contributed by atoms with Crippen LogP contribution in [0.1, 0.15) is 30.9 Å². The molecular weight excluding hydrogens is 326 g/mol. The van der Waals surface area contributed by atoms with E-state index < -0.39 is 0 Å². The molecule has 0 heterocycles. The van der Waals surface area contributed by atoms with Gasteiger partial charge in [-0.3, -0.25) is 0 Å². The number of fused-ring (bicyclic) bond motifs is 6. The summed E-state index contributed by atoms with van der Waals surface area (Å²) in [6, 6.07) is 17.7. The average molecular weight is 349 g/mol. The predicted molar refractivity (Wildman–Crippen MR) is 113 cm³/mol. The molecule has 0 bridgehead atoms. The lowest BCUT2D eigenvalue weighted by atomic mass is 9.69. The lowest BCUT2D eigenvalue weighted by Crippen LogP contribution is -2.27. The molecule has 2 N–H and O–H groups in total. The molecule has 132 valence electrons. The average Bonchev–Trinajstić information content (AvgIpc) is 3.13. The Kier molecular flexibility index (Phi) is 3.42. The van der Waals surface area contributed by atoms with Gasteiger partial charge in [0.15, 0.2) is 0 Å². The van der Waals surface area contributed by atoms with Crippen molar-refractivity contribution in [1.29, 1.82) is 0 Å². The van der Waals surface area contributed by atoms with Crippen molar-refractivity contribution in [2.24, 2.45) is 5.73 Å². The van der Waals surface area contributed by atoms with Gasteiger partial charge in [-0.15, -0.1) is 0 Å². The minimum absolute atomic E-state index is 0.275. The molecule has 3 aliphatic rings. The minimum atomic E-state index is -0.275. The van der Waals surface area contributed by atoms with E-state index >= 15 is 0 Å². The Hall–Kier alpha value is -3.06. The molecule has 2 aromatic carbocycles. The molecule has 2 aromatic rings. The van der Waals surface area contributed by atoms with E-state index in [0.29, 0.717) is 0 Å². The van der Waals surface area contributed by atoms with Crippen LogP contribution in [0.2, 0.25) is 0 Å². The SMILES string of the molecule is C=C1C2=C(C=CCC2)C2(/C1=C/C=C(\C)N)c1ccccc1-c1ccccc12. The standard InChI is InChI=1S/C26H23N/c1-17(27)15-16-22-18(2)19-9-3-6-12-23(19)26(22)24-13-7-4-10-20(24)21-11-5-8-14-25(21)26/h4-8,10-16H,2-3,9,27H2,1H3/b17-15+,22-16+. The third-order valence-electron chi connectivity index (χ3n) is 6.13. The van der Waals surface area contributed by atoms with Crippen LogP contribution in [0.5, 0.6) is 0 Å². The maximum Gasteiger partial charge on any atom is 0.0721 e. The van der Waals surface area contributed by atoms with E-state index in [1.807, 2.05) is 13.0 Å². The summed E-state index contributed by atoms with van der Waals surface area (Å²) in [5.41, 5.74) is 17.1. The van der Waals surface area contributed by atoms with E-state index in [2.05, 4.69) is 73.3 Å². The molecule has 0 saturated heterocycles. The third kappa shape index (κ3) is 2.00. The van der Waals surface area contributed by atoms with Gasteiger partial charge >= 0.3 is 0 Å². The van der Waals surface area contributed by atoms with E-state index in [9.17, 15) is 0 Å². The number of allylic oxidation sites excluding steroid dienone is 9. The molecular formula is C26H23N. The van der Waals surface area contributed by atoms with Crippen LogP contribution in [0.15, 0.2) is 107 Å². The highest BCUT2D eigenvalue weighted by atomic mass is 14.6. The number of hydrogen-bond donors (Lipinski definition) is 1. The Morgan fingerprint density at radius 2 is 1.67 bits per heavy atom. The summed E-state index contributed by atoms with van der Waals surface area (Å²) < 4.78 is 0. The Morgan fingerprint density at radius 1 is 1.04 bits per heavy atom. The molecule has 0 radical (unpaired) electrons. The Morgan fingerprint density at radius 3 is 2.30 bits per heavy atom. The molecule has 27 heavy (non-hydrogen) atoms. The van der Waals surface area contributed by atoms with Gasteiger partial charge in [-0.2, -0.15) is 0 Å². The highest BCUT2D eigenvalue weighted by Gasteiger charge is 2.53. The first-order chi connectivity index (χ1) is 13.2. The quantitative estimate of drug-likeness (QED) is 0.675. The Bertz CT molecular complexity index is 1060. The van der Waals surface area contributed by atoms with Crippen molar-refractivity contribution in [3.63, 3.8) is 0 Å². The van der Waals surface area contributed by atoms with Crippen LogP contribution >= 0.6 is 0 Å². The molecule has 1 nitrogen and oxygen atoms in total. The molecule has 5 rings (SSSR count). The molecule has 0 amide bonds. The van der Waals surface area contributed by atoms with Gasteiger partial charge in [0, 0.05) is 5.70 Å². The smallest absolute Gasteiger partial charge is 0.0721 e. The second kappa shape index (κ2) is 5.72. The van der Waals surface area contributed by atoms with Gasteiger partial charge in [0.25, 0.3) is 0 Å². The van der Waals surface area contributed by atoms with Crippen LogP contribution in [0, 0.1) is 0 Å². The van der Waals surface area contributed by atoms with E-state index in [1.54, 1.807) is 0 Å². The maximum absolute atomic E-state index is 6.00. The molecule has 0 aliphatic heterocycles. The van der Waals surface area contributed by atoms with E-state index in [0.717, 1.165) is 18.5 Å². The fourth-order valence-electron chi connectivity index (χ4n) is 5.12. The van der Waals surface area contributed by atoms with Gasteiger partial charge < -0.3 is 5.73 Å². The van der Waals surface area contributed by atoms with E-state index in [1.165, 1.54) is 44.5 Å². The largest absolute Gasteiger partial charge is 0.402 e. The van der Waals surface area contributed by atoms with Gasteiger partial charge in [-0.05, 0) is 70.4 Å². The summed E-state index contributed by atoms with van der Waals surface area (Å²) in [5, 5.41) is 0. The van der Waals surface area contributed by atoms with Gasteiger partial charge in [0.1, 0.15) is 0 Å². The van der Waals surface area contributed by atoms with Crippen molar-refractivity contribution in [3.05, 3.63) is 119 Å². The van der Waals surface area contributed by atoms with Crippen molar-refractivity contribution in [1.82, 2.24) is 0 Å². The zero-order valence-corrected chi connectivity index (χ0v) is 15.6. The van der Waals surface area contributed by atoms with Crippen LogP contribution in [0.25, 0.3) is 11.1 Å². The summed E-state index contributed by atoms with van der Waals surface area (Å²) in [5.74, 6) is 0. The minimum Gasteiger partial charge on any atom is -0.402 e. The first-order valence-corrected chi connectivity index (χ1v) is 9.59. The van der Waals surface area contributed by atoms with Crippen LogP contribution in [0.4, 0.5) is 0 Å². The summed E-state index contributed by atoms with van der Waals surface area (Å²) >= 11 is 0. The van der Waals surface area contributed by atoms with Gasteiger partial charge in [-0.1, -0.05) is 73.3 Å². The zero-order valence-electron chi connectivity index (χ0n) is 15.6. The molecule has 0 fully saturated rings. The Balaban J connectivity index is 1.94. The van der Waals surface area contributed by atoms with E-state index in [4.69, 9.17) is 5.73 Å². The molecule has 0 atom stereocenters. The van der Waals surface area contributed by atoms with Crippen molar-refractivity contribution in [3.8, 4) is 11.1 Å². The third-order valence-corrected chi connectivity index (χ3v) is 6.13. The fraction of sp³-hybridized carbons (Fsp3) is 0.154. The molecule has 0 aromatic heterocycles. The van der Waals surface area contributed by atoms with E-state index in [-0.39, 0.29) is 5.41 Å². The molecule has 3 aliphatic carbocycles. The molecule has 1 heteroatoms. The Labute approximate surface area is 160 Å². The van der Waals surface area contributed by atoms with Crippen LogP contribution in [-0.4, -0.2) is 0 Å². The summed E-state index contributed by atoms with van der Waals surface area (Å²) in [7, 11) is 0. The summed E-state index contributed by atoms with van der Waals surface area (Å²) in [4.78, 5) is 0. The second-order valence-corrected chi connectivity index (χ2v) is 7.64. The van der Waals surface area contributed by atoms with Gasteiger partial charge in [0.05, 0.1) is 5.41 Å². The van der Waals surface area contributed by atoms with Crippen molar-refractivity contribution in [2.75, 3.05) is 0 Å². The van der Waals surface area contributed by atoms with Crippen LogP contribution in [-0.2, 0) is 5.41 Å². The topological polar surface area (TPSA) is 26.0 Å². The zero-order chi connectivity index (χ0) is 18.6. The fourth-order valence-corrected chi connectivity index (χ4v) is 5.12.